The minimum Gasteiger partial charge on any atom is -0.297 e. The lowest BCUT2D eigenvalue weighted by molar-refractivity contribution is 0.125. The summed E-state index contributed by atoms with van der Waals surface area (Å²) in [4.78, 5) is 2.98. The smallest absolute Gasteiger partial charge is 0.240 e. The van der Waals surface area contributed by atoms with Crippen molar-refractivity contribution in [3.63, 3.8) is 0 Å². The van der Waals surface area contributed by atoms with E-state index in [4.69, 9.17) is 0 Å². The van der Waals surface area contributed by atoms with Gasteiger partial charge in [0.2, 0.25) is 10.0 Å². The first kappa shape index (κ1) is 19.7. The zero-order valence-corrected chi connectivity index (χ0v) is 17.9. The molecule has 0 spiro atoms. The number of nitrogens with zero attached hydrogens (tertiary/aromatic N) is 1. The molecule has 5 heteroatoms. The number of sulfonamides is 1. The van der Waals surface area contributed by atoms with E-state index in [1.54, 1.807) is 12.1 Å². The molecule has 2 bridgehead atoms. The van der Waals surface area contributed by atoms with Crippen molar-refractivity contribution in [3.05, 3.63) is 78.4 Å². The van der Waals surface area contributed by atoms with Crippen molar-refractivity contribution in [1.82, 2.24) is 9.62 Å². The van der Waals surface area contributed by atoms with Crippen LogP contribution in [0, 0.1) is 0 Å². The molecular weight excluding hydrogens is 392 g/mol. The van der Waals surface area contributed by atoms with E-state index in [9.17, 15) is 8.42 Å². The van der Waals surface area contributed by atoms with Crippen LogP contribution in [0.3, 0.4) is 0 Å². The Hall–Kier alpha value is -2.21. The van der Waals surface area contributed by atoms with Crippen molar-refractivity contribution in [1.29, 1.82) is 0 Å². The Balaban J connectivity index is 1.25. The van der Waals surface area contributed by atoms with Gasteiger partial charge in [0.15, 0.2) is 0 Å². The summed E-state index contributed by atoms with van der Waals surface area (Å²) >= 11 is 0. The van der Waals surface area contributed by atoms with Crippen molar-refractivity contribution in [2.24, 2.45) is 0 Å². The minimum atomic E-state index is -3.51. The van der Waals surface area contributed by atoms with Crippen LogP contribution in [0.15, 0.2) is 77.7 Å². The summed E-state index contributed by atoms with van der Waals surface area (Å²) in [6.07, 6.45) is 5.21. The third kappa shape index (κ3) is 4.02. The molecule has 0 saturated carbocycles. The molecule has 4 nitrogen and oxygen atoms in total. The van der Waals surface area contributed by atoms with Gasteiger partial charge in [-0.15, -0.1) is 0 Å². The van der Waals surface area contributed by atoms with Crippen molar-refractivity contribution >= 4 is 20.8 Å². The van der Waals surface area contributed by atoms with E-state index < -0.39 is 10.0 Å². The standard InChI is InChI=1S/C25H28N2O2S/c28-30(29,25-13-10-20-8-4-5-9-21(20)16-25)26-22-17-23-11-12-24(18-22)27(23)15-14-19-6-2-1-3-7-19/h1-10,13,16,22-24,26H,11-12,14-15,17-18H2. The van der Waals surface area contributed by atoms with Crippen molar-refractivity contribution in [3.8, 4) is 0 Å². The molecule has 2 heterocycles. The molecule has 0 aromatic heterocycles. The van der Waals surface area contributed by atoms with E-state index >= 15 is 0 Å². The van der Waals surface area contributed by atoms with Crippen LogP contribution in [0.4, 0.5) is 0 Å². The molecule has 0 aliphatic carbocycles. The molecule has 2 saturated heterocycles. The third-order valence-electron chi connectivity index (χ3n) is 6.74. The summed E-state index contributed by atoms with van der Waals surface area (Å²) in [5.74, 6) is 0. The second-order valence-electron chi connectivity index (χ2n) is 8.66. The molecule has 1 N–H and O–H groups in total. The molecule has 3 aromatic rings. The maximum absolute atomic E-state index is 13.0. The lowest BCUT2D eigenvalue weighted by Crippen LogP contribution is -2.50. The van der Waals surface area contributed by atoms with Crippen LogP contribution in [0.5, 0.6) is 0 Å². The average Bonchev–Trinajstić information content (AvgIpc) is 3.00. The van der Waals surface area contributed by atoms with Crippen molar-refractivity contribution in [2.75, 3.05) is 6.54 Å². The normalized spacial score (nSPS) is 24.3. The summed E-state index contributed by atoms with van der Waals surface area (Å²) in [6.45, 7) is 1.06. The van der Waals surface area contributed by atoms with Gasteiger partial charge in [-0.25, -0.2) is 13.1 Å². The minimum absolute atomic E-state index is 0.0203. The fourth-order valence-corrected chi connectivity index (χ4v) is 6.56. The lowest BCUT2D eigenvalue weighted by Gasteiger charge is -2.39. The number of hydrogen-bond acceptors (Lipinski definition) is 3. The number of benzene rings is 3. The Labute approximate surface area is 179 Å². The van der Waals surface area contributed by atoms with E-state index in [0.717, 1.165) is 36.6 Å². The molecule has 2 atom stereocenters. The van der Waals surface area contributed by atoms with Gasteiger partial charge < -0.3 is 0 Å². The van der Waals surface area contributed by atoms with Gasteiger partial charge in [-0.05, 0) is 60.6 Å². The molecule has 0 radical (unpaired) electrons. The van der Waals surface area contributed by atoms with Gasteiger partial charge in [-0.2, -0.15) is 0 Å². The Morgan fingerprint density at radius 2 is 1.50 bits per heavy atom. The molecule has 2 unspecified atom stereocenters. The van der Waals surface area contributed by atoms with Crippen LogP contribution in [-0.2, 0) is 16.4 Å². The first-order valence-corrected chi connectivity index (χ1v) is 12.4. The topological polar surface area (TPSA) is 49.4 Å². The number of fused-ring (bicyclic) bond motifs is 3. The van der Waals surface area contributed by atoms with E-state index in [-0.39, 0.29) is 6.04 Å². The maximum Gasteiger partial charge on any atom is 0.240 e. The van der Waals surface area contributed by atoms with Crippen LogP contribution in [0.25, 0.3) is 10.8 Å². The van der Waals surface area contributed by atoms with E-state index in [1.807, 2.05) is 30.3 Å². The number of rotatable bonds is 6. The van der Waals surface area contributed by atoms with Gasteiger partial charge in [-0.1, -0.05) is 60.7 Å². The highest BCUT2D eigenvalue weighted by Gasteiger charge is 2.41. The lowest BCUT2D eigenvalue weighted by atomic mass is 9.97. The molecule has 30 heavy (non-hydrogen) atoms. The van der Waals surface area contributed by atoms with Gasteiger partial charge in [0.1, 0.15) is 0 Å². The number of nitrogens with one attached hydrogen (secondary N) is 1. The molecule has 5 rings (SSSR count). The molecule has 2 fully saturated rings. The molecule has 2 aliphatic rings. The Bertz CT molecular complexity index is 1120. The summed E-state index contributed by atoms with van der Waals surface area (Å²) in [5.41, 5.74) is 1.37. The second kappa shape index (κ2) is 8.14. The monoisotopic (exact) mass is 420 g/mol. The second-order valence-corrected chi connectivity index (χ2v) is 10.4. The van der Waals surface area contributed by atoms with Crippen LogP contribution in [-0.4, -0.2) is 38.0 Å². The molecule has 156 valence electrons. The van der Waals surface area contributed by atoms with Gasteiger partial charge in [0.05, 0.1) is 4.90 Å². The zero-order chi connectivity index (χ0) is 20.6. The van der Waals surface area contributed by atoms with Gasteiger partial charge in [-0.3, -0.25) is 4.90 Å². The molecular formula is C25H28N2O2S. The van der Waals surface area contributed by atoms with Crippen molar-refractivity contribution < 1.29 is 8.42 Å². The van der Waals surface area contributed by atoms with Crippen LogP contribution in [0.1, 0.15) is 31.2 Å². The summed E-state index contributed by atoms with van der Waals surface area (Å²) in [6, 6.07) is 24.9. The largest absolute Gasteiger partial charge is 0.297 e. The Morgan fingerprint density at radius 1 is 0.833 bits per heavy atom. The number of hydrogen-bond donors (Lipinski definition) is 1. The highest BCUT2D eigenvalue weighted by molar-refractivity contribution is 7.89. The van der Waals surface area contributed by atoms with Crippen molar-refractivity contribution in [2.45, 2.75) is 55.1 Å². The molecule has 0 amide bonds. The molecule has 3 aromatic carbocycles. The predicted molar refractivity (Wildman–Crippen MR) is 121 cm³/mol. The van der Waals surface area contributed by atoms with E-state index in [2.05, 4.69) is 40.0 Å². The highest BCUT2D eigenvalue weighted by atomic mass is 32.2. The van der Waals surface area contributed by atoms with Crippen LogP contribution in [0.2, 0.25) is 0 Å². The van der Waals surface area contributed by atoms with Gasteiger partial charge in [0, 0.05) is 24.7 Å². The fourth-order valence-electron chi connectivity index (χ4n) is 5.26. The summed E-state index contributed by atoms with van der Waals surface area (Å²) in [7, 11) is -3.51. The molecule has 2 aliphatic heterocycles. The predicted octanol–water partition coefficient (Wildman–Crippen LogP) is 4.36. The quantitative estimate of drug-likeness (QED) is 0.645. The maximum atomic E-state index is 13.0. The third-order valence-corrected chi connectivity index (χ3v) is 8.26. The van der Waals surface area contributed by atoms with Crippen LogP contribution < -0.4 is 4.72 Å². The number of piperidine rings is 1. The Morgan fingerprint density at radius 3 is 2.23 bits per heavy atom. The first-order chi connectivity index (χ1) is 14.6. The van der Waals surface area contributed by atoms with E-state index in [1.165, 1.54) is 18.4 Å². The average molecular weight is 421 g/mol. The summed E-state index contributed by atoms with van der Waals surface area (Å²) in [5, 5.41) is 2.01. The van der Waals surface area contributed by atoms with Gasteiger partial charge >= 0.3 is 0 Å². The highest BCUT2D eigenvalue weighted by Crippen LogP contribution is 2.36. The van der Waals surface area contributed by atoms with Crippen LogP contribution >= 0.6 is 0 Å². The zero-order valence-electron chi connectivity index (χ0n) is 17.1. The van der Waals surface area contributed by atoms with Gasteiger partial charge in [0.25, 0.3) is 0 Å². The SMILES string of the molecule is O=S(=O)(NC1CC2CCC(C1)N2CCc1ccccc1)c1ccc2ccccc2c1. The fraction of sp³-hybridized carbons (Fsp3) is 0.360. The first-order valence-electron chi connectivity index (χ1n) is 10.9. The summed E-state index contributed by atoms with van der Waals surface area (Å²) < 4.78 is 29.1. The van der Waals surface area contributed by atoms with E-state index in [0.29, 0.717) is 17.0 Å². The Kier molecular flexibility index (Phi) is 5.35.